The van der Waals surface area contributed by atoms with E-state index in [1.54, 1.807) is 16.4 Å². The summed E-state index contributed by atoms with van der Waals surface area (Å²) in [5.74, 6) is 0.806. The third-order valence-corrected chi connectivity index (χ3v) is 9.38. The molecule has 0 spiro atoms. The second-order valence-corrected chi connectivity index (χ2v) is 12.2. The van der Waals surface area contributed by atoms with Gasteiger partial charge in [0.2, 0.25) is 10.0 Å². The van der Waals surface area contributed by atoms with Gasteiger partial charge >= 0.3 is 0 Å². The maximum Gasteiger partial charge on any atom is 0.247 e. The van der Waals surface area contributed by atoms with E-state index in [1.165, 1.54) is 13.2 Å². The van der Waals surface area contributed by atoms with E-state index in [9.17, 15) is 8.42 Å². The molecule has 2 heterocycles. The van der Waals surface area contributed by atoms with E-state index in [2.05, 4.69) is 24.1 Å². The molecule has 0 aromatic heterocycles. The fourth-order valence-corrected chi connectivity index (χ4v) is 7.41. The first-order chi connectivity index (χ1) is 16.2. The van der Waals surface area contributed by atoms with Crippen molar-refractivity contribution in [3.8, 4) is 5.75 Å². The minimum atomic E-state index is -3.87. The molecule has 34 heavy (non-hydrogen) atoms. The van der Waals surface area contributed by atoms with Crippen molar-refractivity contribution in [1.82, 2.24) is 14.5 Å². The maximum atomic E-state index is 14.1. The number of benzene rings is 2. The van der Waals surface area contributed by atoms with Crippen molar-refractivity contribution in [1.29, 1.82) is 0 Å². The van der Waals surface area contributed by atoms with Crippen LogP contribution in [0.2, 0.25) is 10.0 Å². The summed E-state index contributed by atoms with van der Waals surface area (Å²) in [4.78, 5) is 2.55. The van der Waals surface area contributed by atoms with Crippen LogP contribution in [0.4, 0.5) is 0 Å². The Morgan fingerprint density at radius 1 is 1.12 bits per heavy atom. The molecule has 0 radical (unpaired) electrons. The van der Waals surface area contributed by atoms with Crippen LogP contribution in [0.3, 0.4) is 0 Å². The number of sulfonamides is 1. The van der Waals surface area contributed by atoms with Gasteiger partial charge < -0.3 is 4.74 Å². The molecular weight excluding hydrogens is 493 g/mol. The molecule has 0 amide bonds. The van der Waals surface area contributed by atoms with Crippen LogP contribution < -0.4 is 10.1 Å². The maximum absolute atomic E-state index is 14.1. The molecule has 0 saturated carbocycles. The molecular formula is C25H33Cl2N3O3S. The van der Waals surface area contributed by atoms with Gasteiger partial charge in [-0.2, -0.15) is 4.31 Å². The van der Waals surface area contributed by atoms with Crippen LogP contribution in [0.5, 0.6) is 5.75 Å². The van der Waals surface area contributed by atoms with Gasteiger partial charge in [-0.1, -0.05) is 49.2 Å². The van der Waals surface area contributed by atoms with Gasteiger partial charge in [0.05, 0.1) is 13.3 Å². The zero-order valence-corrected chi connectivity index (χ0v) is 22.2. The fraction of sp³-hybridized carbons (Fsp3) is 0.520. The van der Waals surface area contributed by atoms with Crippen molar-refractivity contribution in [2.75, 3.05) is 26.7 Å². The van der Waals surface area contributed by atoms with Crippen molar-refractivity contribution in [3.63, 3.8) is 0 Å². The Morgan fingerprint density at radius 2 is 1.82 bits per heavy atom. The summed E-state index contributed by atoms with van der Waals surface area (Å²) in [5.41, 5.74) is 1.04. The third kappa shape index (κ3) is 5.40. The lowest BCUT2D eigenvalue weighted by Gasteiger charge is -2.45. The zero-order valence-electron chi connectivity index (χ0n) is 19.9. The van der Waals surface area contributed by atoms with Gasteiger partial charge in [-0.15, -0.1) is 0 Å². The summed E-state index contributed by atoms with van der Waals surface area (Å²) in [6.07, 6.45) is 2.80. The highest BCUT2D eigenvalue weighted by Gasteiger charge is 2.42. The Hall–Kier alpha value is -1.35. The molecule has 9 heteroatoms. The normalized spacial score (nSPS) is 24.6. The first-order valence-electron chi connectivity index (χ1n) is 11.8. The summed E-state index contributed by atoms with van der Waals surface area (Å²) >= 11 is 12.3. The van der Waals surface area contributed by atoms with E-state index in [0.29, 0.717) is 47.3 Å². The second kappa shape index (κ2) is 10.7. The van der Waals surface area contributed by atoms with Crippen LogP contribution in [-0.4, -0.2) is 62.6 Å². The summed E-state index contributed by atoms with van der Waals surface area (Å²) in [6, 6.07) is 12.5. The molecule has 2 fully saturated rings. The average molecular weight is 527 g/mol. The topological polar surface area (TPSA) is 61.9 Å². The standard InChI is InChI=1S/C25H33Cl2N3O3S/c1-17(2)22-5-4-12-29(22)25-16-30(21(15-28-25)13-18-6-8-19(26)9-7-18)34(31,32)24-14-20(27)10-11-23(24)33-3/h6-11,14,17,21-22,25,28H,4-5,12-13,15-16H2,1-3H3. The van der Waals surface area contributed by atoms with Gasteiger partial charge in [0.15, 0.2) is 0 Å². The van der Waals surface area contributed by atoms with Crippen molar-refractivity contribution >= 4 is 33.2 Å². The lowest BCUT2D eigenvalue weighted by Crippen LogP contribution is -2.64. The van der Waals surface area contributed by atoms with E-state index in [4.69, 9.17) is 27.9 Å². The van der Waals surface area contributed by atoms with Crippen molar-refractivity contribution in [2.24, 2.45) is 5.92 Å². The minimum Gasteiger partial charge on any atom is -0.495 e. The van der Waals surface area contributed by atoms with Gasteiger partial charge in [-0.3, -0.25) is 10.2 Å². The number of halogens is 2. The summed E-state index contributed by atoms with van der Waals surface area (Å²) < 4.78 is 35.2. The summed E-state index contributed by atoms with van der Waals surface area (Å²) in [6.45, 7) is 6.36. The number of nitrogens with one attached hydrogen (secondary N) is 1. The monoisotopic (exact) mass is 525 g/mol. The van der Waals surface area contributed by atoms with Crippen molar-refractivity contribution in [2.45, 2.75) is 56.3 Å². The molecule has 4 rings (SSSR count). The number of hydrogen-bond donors (Lipinski definition) is 1. The molecule has 186 valence electrons. The Kier molecular flexibility index (Phi) is 8.12. The van der Waals surface area contributed by atoms with E-state index in [0.717, 1.165) is 24.9 Å². The highest BCUT2D eigenvalue weighted by Crippen LogP contribution is 2.34. The number of likely N-dealkylation sites (tertiary alicyclic amines) is 1. The SMILES string of the molecule is COc1ccc(Cl)cc1S(=O)(=O)N1CC(N2CCCC2C(C)C)NCC1Cc1ccc(Cl)cc1. The first-order valence-corrected chi connectivity index (χ1v) is 14.0. The molecule has 2 aliphatic rings. The van der Waals surface area contributed by atoms with Gasteiger partial charge in [0.1, 0.15) is 10.6 Å². The number of ether oxygens (including phenoxy) is 1. The second-order valence-electron chi connectivity index (χ2n) is 9.47. The molecule has 6 nitrogen and oxygen atoms in total. The van der Waals surface area contributed by atoms with Gasteiger partial charge in [-0.25, -0.2) is 8.42 Å². The van der Waals surface area contributed by atoms with Gasteiger partial charge in [-0.05, 0) is 61.1 Å². The third-order valence-electron chi connectivity index (χ3n) is 6.96. The molecule has 1 N–H and O–H groups in total. The van der Waals surface area contributed by atoms with Crippen LogP contribution in [0.15, 0.2) is 47.4 Å². The Bertz CT molecular complexity index is 1100. The molecule has 2 aromatic rings. The van der Waals surface area contributed by atoms with Crippen LogP contribution in [0.1, 0.15) is 32.3 Å². The van der Waals surface area contributed by atoms with Crippen LogP contribution >= 0.6 is 23.2 Å². The number of hydrogen-bond acceptors (Lipinski definition) is 5. The van der Waals surface area contributed by atoms with Crippen molar-refractivity contribution in [3.05, 3.63) is 58.1 Å². The van der Waals surface area contributed by atoms with Crippen LogP contribution in [0, 0.1) is 5.92 Å². The van der Waals surface area contributed by atoms with Gasteiger partial charge in [0, 0.05) is 41.8 Å². The Balaban J connectivity index is 1.69. The van der Waals surface area contributed by atoms with Crippen LogP contribution in [0.25, 0.3) is 0 Å². The molecule has 2 saturated heterocycles. The zero-order chi connectivity index (χ0) is 24.5. The van der Waals surface area contributed by atoms with Gasteiger partial charge in [0.25, 0.3) is 0 Å². The number of methoxy groups -OCH3 is 1. The first kappa shape index (κ1) is 25.7. The lowest BCUT2D eigenvalue weighted by molar-refractivity contribution is 0.0684. The quantitative estimate of drug-likeness (QED) is 0.569. The predicted octanol–water partition coefficient (Wildman–Crippen LogP) is 4.65. The molecule has 2 aliphatic heterocycles. The highest BCUT2D eigenvalue weighted by molar-refractivity contribution is 7.89. The summed E-state index contributed by atoms with van der Waals surface area (Å²) in [7, 11) is -2.40. The molecule has 2 aromatic carbocycles. The smallest absolute Gasteiger partial charge is 0.247 e. The summed E-state index contributed by atoms with van der Waals surface area (Å²) in [5, 5.41) is 4.68. The average Bonchev–Trinajstić information content (AvgIpc) is 3.31. The van der Waals surface area contributed by atoms with E-state index in [1.807, 2.05) is 24.3 Å². The fourth-order valence-electron chi connectivity index (χ4n) is 5.24. The van der Waals surface area contributed by atoms with Crippen LogP contribution in [-0.2, 0) is 16.4 Å². The lowest BCUT2D eigenvalue weighted by atomic mass is 10.0. The van der Waals surface area contributed by atoms with E-state index < -0.39 is 10.0 Å². The number of piperazine rings is 1. The van der Waals surface area contributed by atoms with Crippen molar-refractivity contribution < 1.29 is 13.2 Å². The largest absolute Gasteiger partial charge is 0.495 e. The van der Waals surface area contributed by atoms with E-state index >= 15 is 0 Å². The molecule has 0 bridgehead atoms. The predicted molar refractivity (Wildman–Crippen MR) is 137 cm³/mol. The van der Waals surface area contributed by atoms with E-state index in [-0.39, 0.29) is 17.1 Å². The Labute approximate surface area is 213 Å². The molecule has 3 atom stereocenters. The number of rotatable bonds is 7. The molecule has 0 aliphatic carbocycles. The minimum absolute atomic E-state index is 0.0451. The Morgan fingerprint density at radius 3 is 2.50 bits per heavy atom. The number of nitrogens with zero attached hydrogens (tertiary/aromatic N) is 2. The molecule has 3 unspecified atom stereocenters. The highest BCUT2D eigenvalue weighted by atomic mass is 35.5.